The van der Waals surface area contributed by atoms with Crippen LogP contribution in [0.15, 0.2) is 82.0 Å². The number of nitrogens with zero attached hydrogens (tertiary/aromatic N) is 2. The normalized spacial score (nSPS) is 15.9. The van der Waals surface area contributed by atoms with Crippen LogP contribution >= 0.6 is 0 Å². The number of hydrogen-bond acceptors (Lipinski definition) is 4. The number of rotatable bonds is 4. The van der Waals surface area contributed by atoms with Crippen molar-refractivity contribution in [2.24, 2.45) is 0 Å². The number of benzene rings is 3. The second-order valence-electron chi connectivity index (χ2n) is 7.81. The second kappa shape index (κ2) is 7.82. The second-order valence-corrected chi connectivity index (χ2v) is 7.81. The Labute approximate surface area is 170 Å². The third-order valence-electron chi connectivity index (χ3n) is 5.75. The van der Waals surface area contributed by atoms with Crippen molar-refractivity contribution < 1.29 is 4.42 Å². The Kier molecular flexibility index (Phi) is 4.88. The third-order valence-corrected chi connectivity index (χ3v) is 5.75. The number of para-hydroxylation sites is 1. The van der Waals surface area contributed by atoms with Gasteiger partial charge in [0.2, 0.25) is 0 Å². The lowest BCUT2D eigenvalue weighted by atomic mass is 10.1. The highest BCUT2D eigenvalue weighted by atomic mass is 16.3. The predicted molar refractivity (Wildman–Crippen MR) is 117 cm³/mol. The highest BCUT2D eigenvalue weighted by Crippen LogP contribution is 2.18. The van der Waals surface area contributed by atoms with Crippen molar-refractivity contribution in [1.82, 2.24) is 9.80 Å². The van der Waals surface area contributed by atoms with Crippen LogP contribution in [0.5, 0.6) is 0 Å². The van der Waals surface area contributed by atoms with Gasteiger partial charge in [0.05, 0.1) is 11.9 Å². The van der Waals surface area contributed by atoms with Crippen LogP contribution in [-0.2, 0) is 13.1 Å². The molecule has 146 valence electrons. The van der Waals surface area contributed by atoms with Gasteiger partial charge < -0.3 is 4.42 Å². The molecule has 4 nitrogen and oxygen atoms in total. The molecule has 5 rings (SSSR count). The fourth-order valence-corrected chi connectivity index (χ4v) is 4.15. The first kappa shape index (κ1) is 18.1. The lowest BCUT2D eigenvalue weighted by Crippen LogP contribution is -2.45. The summed E-state index contributed by atoms with van der Waals surface area (Å²) in [4.78, 5) is 17.2. The number of piperazine rings is 1. The molecule has 3 aromatic carbocycles. The Bertz CT molecular complexity index is 1210. The van der Waals surface area contributed by atoms with Gasteiger partial charge in [-0.1, -0.05) is 48.5 Å². The van der Waals surface area contributed by atoms with E-state index in [-0.39, 0.29) is 5.43 Å². The minimum absolute atomic E-state index is 0.0387. The molecule has 1 saturated heterocycles. The molecule has 0 N–H and O–H groups in total. The monoisotopic (exact) mass is 384 g/mol. The maximum absolute atomic E-state index is 12.3. The van der Waals surface area contributed by atoms with E-state index in [1.54, 1.807) is 6.07 Å². The Morgan fingerprint density at radius 3 is 2.24 bits per heavy atom. The SMILES string of the molecule is O=c1cc(CN2CCN(Cc3ccc4ccccc4c3)CC2)oc2ccccc12. The zero-order valence-electron chi connectivity index (χ0n) is 16.4. The number of fused-ring (bicyclic) bond motifs is 2. The van der Waals surface area contributed by atoms with E-state index in [1.165, 1.54) is 16.3 Å². The summed E-state index contributed by atoms with van der Waals surface area (Å²) in [5.74, 6) is 0.747. The van der Waals surface area contributed by atoms with Crippen LogP contribution in [0.1, 0.15) is 11.3 Å². The van der Waals surface area contributed by atoms with Crippen LogP contribution in [0.2, 0.25) is 0 Å². The summed E-state index contributed by atoms with van der Waals surface area (Å²) < 4.78 is 5.95. The minimum atomic E-state index is 0.0387. The van der Waals surface area contributed by atoms with Gasteiger partial charge in [0.15, 0.2) is 5.43 Å². The Morgan fingerprint density at radius 1 is 0.724 bits per heavy atom. The van der Waals surface area contributed by atoms with Crippen LogP contribution in [0.4, 0.5) is 0 Å². The molecule has 1 aromatic heterocycles. The summed E-state index contributed by atoms with van der Waals surface area (Å²) in [7, 11) is 0. The Hall–Kier alpha value is -2.95. The van der Waals surface area contributed by atoms with Crippen molar-refractivity contribution in [3.05, 3.63) is 94.3 Å². The van der Waals surface area contributed by atoms with Crippen molar-refractivity contribution in [2.75, 3.05) is 26.2 Å². The van der Waals surface area contributed by atoms with Crippen LogP contribution in [-0.4, -0.2) is 36.0 Å². The lowest BCUT2D eigenvalue weighted by Gasteiger charge is -2.34. The highest BCUT2D eigenvalue weighted by molar-refractivity contribution is 5.83. The van der Waals surface area contributed by atoms with Crippen LogP contribution in [0, 0.1) is 0 Å². The first-order valence-electron chi connectivity index (χ1n) is 10.2. The maximum Gasteiger partial charge on any atom is 0.192 e. The average Bonchev–Trinajstić information content (AvgIpc) is 2.75. The van der Waals surface area contributed by atoms with Crippen LogP contribution in [0.25, 0.3) is 21.7 Å². The molecule has 4 heteroatoms. The van der Waals surface area contributed by atoms with Gasteiger partial charge in [-0.25, -0.2) is 0 Å². The Morgan fingerprint density at radius 2 is 1.41 bits per heavy atom. The van der Waals surface area contributed by atoms with Crippen LogP contribution in [0.3, 0.4) is 0 Å². The van der Waals surface area contributed by atoms with Crippen molar-refractivity contribution in [2.45, 2.75) is 13.1 Å². The molecule has 0 amide bonds. The molecule has 4 aromatic rings. The molecule has 0 unspecified atom stereocenters. The van der Waals surface area contributed by atoms with Gasteiger partial charge in [0.1, 0.15) is 11.3 Å². The van der Waals surface area contributed by atoms with E-state index in [2.05, 4.69) is 52.3 Å². The standard InChI is InChI=1S/C25H24N2O2/c28-24-16-22(29-25-8-4-3-7-23(24)25)18-27-13-11-26(12-14-27)17-19-9-10-20-5-1-2-6-21(20)15-19/h1-10,15-16H,11-14,17-18H2. The summed E-state index contributed by atoms with van der Waals surface area (Å²) in [5, 5.41) is 3.24. The van der Waals surface area contributed by atoms with E-state index < -0.39 is 0 Å². The molecule has 1 aliphatic heterocycles. The van der Waals surface area contributed by atoms with Crippen molar-refractivity contribution in [3.63, 3.8) is 0 Å². The molecule has 2 heterocycles. The third kappa shape index (κ3) is 3.95. The van der Waals surface area contributed by atoms with E-state index in [0.29, 0.717) is 17.5 Å². The van der Waals surface area contributed by atoms with E-state index >= 15 is 0 Å². The molecule has 0 atom stereocenters. The molecule has 0 radical (unpaired) electrons. The van der Waals surface area contributed by atoms with Gasteiger partial charge >= 0.3 is 0 Å². The van der Waals surface area contributed by atoms with E-state index in [9.17, 15) is 4.79 Å². The molecule has 0 saturated carbocycles. The van der Waals surface area contributed by atoms with Crippen LogP contribution < -0.4 is 5.43 Å². The largest absolute Gasteiger partial charge is 0.459 e. The highest BCUT2D eigenvalue weighted by Gasteiger charge is 2.18. The molecule has 0 spiro atoms. The average molecular weight is 384 g/mol. The van der Waals surface area contributed by atoms with E-state index in [1.807, 2.05) is 24.3 Å². The first-order valence-corrected chi connectivity index (χ1v) is 10.2. The molecule has 1 aliphatic rings. The summed E-state index contributed by atoms with van der Waals surface area (Å²) in [5.41, 5.74) is 2.07. The quantitative estimate of drug-likeness (QED) is 0.527. The van der Waals surface area contributed by atoms with Gasteiger partial charge in [-0.05, 0) is 34.5 Å². The summed E-state index contributed by atoms with van der Waals surface area (Å²) in [6, 6.07) is 24.3. The van der Waals surface area contributed by atoms with E-state index in [0.717, 1.165) is 38.5 Å². The smallest absolute Gasteiger partial charge is 0.192 e. The minimum Gasteiger partial charge on any atom is -0.459 e. The molecule has 0 bridgehead atoms. The fraction of sp³-hybridized carbons (Fsp3) is 0.240. The van der Waals surface area contributed by atoms with E-state index in [4.69, 9.17) is 4.42 Å². The maximum atomic E-state index is 12.3. The topological polar surface area (TPSA) is 36.7 Å². The van der Waals surface area contributed by atoms with Gasteiger partial charge in [-0.2, -0.15) is 0 Å². The van der Waals surface area contributed by atoms with Gasteiger partial charge in [-0.15, -0.1) is 0 Å². The fourth-order valence-electron chi connectivity index (χ4n) is 4.15. The lowest BCUT2D eigenvalue weighted by molar-refractivity contribution is 0.116. The van der Waals surface area contributed by atoms with Gasteiger partial charge in [0.25, 0.3) is 0 Å². The van der Waals surface area contributed by atoms with Crippen molar-refractivity contribution >= 4 is 21.7 Å². The zero-order valence-corrected chi connectivity index (χ0v) is 16.4. The molecule has 1 fully saturated rings. The van der Waals surface area contributed by atoms with Crippen molar-refractivity contribution in [3.8, 4) is 0 Å². The summed E-state index contributed by atoms with van der Waals surface area (Å²) in [6.45, 7) is 5.65. The summed E-state index contributed by atoms with van der Waals surface area (Å²) in [6.07, 6.45) is 0. The van der Waals surface area contributed by atoms with Gasteiger partial charge in [-0.3, -0.25) is 14.6 Å². The summed E-state index contributed by atoms with van der Waals surface area (Å²) >= 11 is 0. The van der Waals surface area contributed by atoms with Crippen molar-refractivity contribution in [1.29, 1.82) is 0 Å². The molecular formula is C25H24N2O2. The predicted octanol–water partition coefficient (Wildman–Crippen LogP) is 4.26. The molecule has 29 heavy (non-hydrogen) atoms. The zero-order chi connectivity index (χ0) is 19.6. The number of hydrogen-bond donors (Lipinski definition) is 0. The molecule has 0 aliphatic carbocycles. The first-order chi connectivity index (χ1) is 14.2. The molecular weight excluding hydrogens is 360 g/mol. The van der Waals surface area contributed by atoms with Gasteiger partial charge in [0, 0.05) is 38.8 Å². The Balaban J connectivity index is 1.22.